The first-order valence-corrected chi connectivity index (χ1v) is 6.23. The van der Waals surface area contributed by atoms with E-state index in [1.54, 1.807) is 36.2 Å². The number of rotatable bonds is 2. The van der Waals surface area contributed by atoms with Crippen LogP contribution in [0.25, 0.3) is 0 Å². The molecular weight excluding hydrogens is 266 g/mol. The molecule has 0 atom stereocenters. The van der Waals surface area contributed by atoms with Gasteiger partial charge in [-0.25, -0.2) is 0 Å². The number of benzene rings is 2. The third-order valence-electron chi connectivity index (χ3n) is 2.63. The third-order valence-corrected chi connectivity index (χ3v) is 3.18. The van der Waals surface area contributed by atoms with Crippen LogP contribution in [0.15, 0.2) is 53.4 Å². The van der Waals surface area contributed by atoms with E-state index in [0.717, 1.165) is 10.6 Å². The van der Waals surface area contributed by atoms with Crippen LogP contribution in [0.1, 0.15) is 10.4 Å². The lowest BCUT2D eigenvalue weighted by atomic mass is 10.2. The lowest BCUT2D eigenvalue weighted by molar-refractivity contribution is 0.0993. The Hall–Kier alpha value is -1.45. The first-order valence-electron chi connectivity index (χ1n) is 5.40. The van der Waals surface area contributed by atoms with E-state index in [1.165, 1.54) is 0 Å². The van der Waals surface area contributed by atoms with Gasteiger partial charge >= 0.3 is 0 Å². The van der Waals surface area contributed by atoms with Crippen molar-refractivity contribution >= 4 is 35.8 Å². The summed E-state index contributed by atoms with van der Waals surface area (Å²) in [5, 5.41) is 0.619. The zero-order valence-electron chi connectivity index (χ0n) is 9.80. The second kappa shape index (κ2) is 5.46. The highest BCUT2D eigenvalue weighted by molar-refractivity contribution is 7.80. The number of anilines is 1. The average molecular weight is 278 g/mol. The van der Waals surface area contributed by atoms with Crippen LogP contribution < -0.4 is 4.90 Å². The standard InChI is InChI=1S/C14H12ClNOS/c1-16(12-6-8-13(18)9-7-12)14(17)10-2-4-11(15)5-3-10/h2-9,18H,1H3. The molecular formula is C14H12ClNOS. The Morgan fingerprint density at radius 2 is 1.61 bits per heavy atom. The van der Waals surface area contributed by atoms with Gasteiger partial charge in [-0.1, -0.05) is 11.6 Å². The Morgan fingerprint density at radius 3 is 2.17 bits per heavy atom. The van der Waals surface area contributed by atoms with Gasteiger partial charge < -0.3 is 4.90 Å². The Kier molecular flexibility index (Phi) is 3.94. The number of halogens is 1. The highest BCUT2D eigenvalue weighted by Crippen LogP contribution is 2.18. The van der Waals surface area contributed by atoms with Crippen molar-refractivity contribution in [3.63, 3.8) is 0 Å². The molecule has 0 saturated heterocycles. The molecule has 4 heteroatoms. The summed E-state index contributed by atoms with van der Waals surface area (Å²) < 4.78 is 0. The maximum absolute atomic E-state index is 12.2. The van der Waals surface area contributed by atoms with Crippen LogP contribution in [0, 0.1) is 0 Å². The van der Waals surface area contributed by atoms with Gasteiger partial charge in [-0.3, -0.25) is 4.79 Å². The van der Waals surface area contributed by atoms with Crippen molar-refractivity contribution in [2.24, 2.45) is 0 Å². The van der Waals surface area contributed by atoms with E-state index >= 15 is 0 Å². The summed E-state index contributed by atoms with van der Waals surface area (Å²) in [6.07, 6.45) is 0. The summed E-state index contributed by atoms with van der Waals surface area (Å²) in [6, 6.07) is 14.3. The molecule has 0 aliphatic carbocycles. The van der Waals surface area contributed by atoms with Crippen molar-refractivity contribution in [1.82, 2.24) is 0 Å². The maximum Gasteiger partial charge on any atom is 0.258 e. The third kappa shape index (κ3) is 2.86. The van der Waals surface area contributed by atoms with Gasteiger partial charge in [0.2, 0.25) is 0 Å². The van der Waals surface area contributed by atoms with E-state index in [2.05, 4.69) is 12.6 Å². The van der Waals surface area contributed by atoms with Crippen LogP contribution >= 0.6 is 24.2 Å². The summed E-state index contributed by atoms with van der Waals surface area (Å²) in [5.41, 5.74) is 1.43. The van der Waals surface area contributed by atoms with E-state index in [9.17, 15) is 4.79 Å². The number of hydrogen-bond acceptors (Lipinski definition) is 2. The molecule has 2 aromatic carbocycles. The van der Waals surface area contributed by atoms with Crippen LogP contribution in [0.4, 0.5) is 5.69 Å². The topological polar surface area (TPSA) is 20.3 Å². The fourth-order valence-electron chi connectivity index (χ4n) is 1.58. The zero-order chi connectivity index (χ0) is 13.1. The van der Waals surface area contributed by atoms with Gasteiger partial charge in [-0.2, -0.15) is 0 Å². The monoisotopic (exact) mass is 277 g/mol. The van der Waals surface area contributed by atoms with E-state index in [1.807, 2.05) is 24.3 Å². The van der Waals surface area contributed by atoms with Crippen LogP contribution in [-0.2, 0) is 0 Å². The molecule has 92 valence electrons. The van der Waals surface area contributed by atoms with Crippen LogP contribution in [0.5, 0.6) is 0 Å². The van der Waals surface area contributed by atoms with E-state index in [-0.39, 0.29) is 5.91 Å². The lowest BCUT2D eigenvalue weighted by Crippen LogP contribution is -2.26. The first-order chi connectivity index (χ1) is 8.58. The van der Waals surface area contributed by atoms with Crippen LogP contribution in [-0.4, -0.2) is 13.0 Å². The highest BCUT2D eigenvalue weighted by Gasteiger charge is 2.12. The molecule has 1 amide bonds. The summed E-state index contributed by atoms with van der Waals surface area (Å²) >= 11 is 10.0. The van der Waals surface area contributed by atoms with Crippen LogP contribution in [0.3, 0.4) is 0 Å². The minimum atomic E-state index is -0.0708. The van der Waals surface area contributed by atoms with Gasteiger partial charge in [0.1, 0.15) is 0 Å². The predicted molar refractivity (Wildman–Crippen MR) is 77.9 cm³/mol. The Balaban J connectivity index is 2.23. The molecule has 0 unspecified atom stereocenters. The molecule has 2 rings (SSSR count). The molecule has 0 heterocycles. The fourth-order valence-corrected chi connectivity index (χ4v) is 1.85. The SMILES string of the molecule is CN(C(=O)c1ccc(Cl)cc1)c1ccc(S)cc1. The van der Waals surface area contributed by atoms with Crippen molar-refractivity contribution in [3.05, 3.63) is 59.1 Å². The molecule has 2 nitrogen and oxygen atoms in total. The number of hydrogen-bond donors (Lipinski definition) is 1. The summed E-state index contributed by atoms with van der Waals surface area (Å²) in [7, 11) is 1.74. The van der Waals surface area contributed by atoms with E-state index in [4.69, 9.17) is 11.6 Å². The van der Waals surface area contributed by atoms with Gasteiger partial charge in [-0.15, -0.1) is 12.6 Å². The maximum atomic E-state index is 12.2. The summed E-state index contributed by atoms with van der Waals surface area (Å²) in [5.74, 6) is -0.0708. The number of carbonyl (C=O) groups excluding carboxylic acids is 1. The number of thiol groups is 1. The van der Waals surface area contributed by atoms with Gasteiger partial charge in [0, 0.05) is 28.2 Å². The quantitative estimate of drug-likeness (QED) is 0.826. The molecule has 0 spiro atoms. The number of nitrogens with zero attached hydrogens (tertiary/aromatic N) is 1. The minimum Gasteiger partial charge on any atom is -0.311 e. The normalized spacial score (nSPS) is 10.2. The summed E-state index contributed by atoms with van der Waals surface area (Å²) in [6.45, 7) is 0. The lowest BCUT2D eigenvalue weighted by Gasteiger charge is -2.17. The Bertz CT molecular complexity index is 551. The number of carbonyl (C=O) groups is 1. The zero-order valence-corrected chi connectivity index (χ0v) is 11.4. The molecule has 0 aromatic heterocycles. The van der Waals surface area contributed by atoms with E-state index < -0.39 is 0 Å². The molecule has 0 N–H and O–H groups in total. The predicted octanol–water partition coefficient (Wildman–Crippen LogP) is 3.91. The first kappa shape index (κ1) is 13.0. The Labute approximate surface area is 117 Å². The highest BCUT2D eigenvalue weighted by atomic mass is 35.5. The molecule has 0 bridgehead atoms. The molecule has 0 saturated carbocycles. The van der Waals surface area contributed by atoms with Crippen molar-refractivity contribution < 1.29 is 4.79 Å². The van der Waals surface area contributed by atoms with Crippen molar-refractivity contribution in [2.75, 3.05) is 11.9 Å². The largest absolute Gasteiger partial charge is 0.311 e. The van der Waals surface area contributed by atoms with Crippen LogP contribution in [0.2, 0.25) is 5.02 Å². The van der Waals surface area contributed by atoms with Gasteiger partial charge in [0.05, 0.1) is 0 Å². The van der Waals surface area contributed by atoms with Crippen molar-refractivity contribution in [1.29, 1.82) is 0 Å². The molecule has 0 radical (unpaired) electrons. The minimum absolute atomic E-state index is 0.0708. The molecule has 2 aromatic rings. The molecule has 18 heavy (non-hydrogen) atoms. The van der Waals surface area contributed by atoms with Gasteiger partial charge in [0.15, 0.2) is 0 Å². The van der Waals surface area contributed by atoms with Gasteiger partial charge in [0.25, 0.3) is 5.91 Å². The van der Waals surface area contributed by atoms with E-state index in [0.29, 0.717) is 10.6 Å². The molecule has 0 fully saturated rings. The Morgan fingerprint density at radius 1 is 1.06 bits per heavy atom. The van der Waals surface area contributed by atoms with Crippen molar-refractivity contribution in [3.8, 4) is 0 Å². The molecule has 0 aliphatic heterocycles. The average Bonchev–Trinajstić information content (AvgIpc) is 2.39. The fraction of sp³-hybridized carbons (Fsp3) is 0.0714. The second-order valence-corrected chi connectivity index (χ2v) is 4.84. The summed E-state index contributed by atoms with van der Waals surface area (Å²) in [4.78, 5) is 14.7. The van der Waals surface area contributed by atoms with Gasteiger partial charge in [-0.05, 0) is 48.5 Å². The van der Waals surface area contributed by atoms with Crippen molar-refractivity contribution in [2.45, 2.75) is 4.90 Å². The second-order valence-electron chi connectivity index (χ2n) is 3.89. The smallest absolute Gasteiger partial charge is 0.258 e. The number of amides is 1. The molecule has 0 aliphatic rings.